The van der Waals surface area contributed by atoms with Gasteiger partial charge in [-0.3, -0.25) is 5.10 Å². The lowest BCUT2D eigenvalue weighted by Gasteiger charge is -2.09. The molecule has 1 heterocycles. The Kier molecular flexibility index (Phi) is 3.44. The van der Waals surface area contributed by atoms with Gasteiger partial charge in [0.2, 0.25) is 0 Å². The maximum Gasteiger partial charge on any atom is 0.416 e. The molecule has 2 aromatic rings. The molecule has 19 heavy (non-hydrogen) atoms. The first-order chi connectivity index (χ1) is 8.79. The Labute approximate surface area is 109 Å². The van der Waals surface area contributed by atoms with Crippen molar-refractivity contribution in [3.8, 4) is 5.69 Å². The van der Waals surface area contributed by atoms with Crippen LogP contribution in [0.25, 0.3) is 5.69 Å². The van der Waals surface area contributed by atoms with Crippen LogP contribution in [0.1, 0.15) is 17.7 Å². The Balaban J connectivity index is 2.51. The summed E-state index contributed by atoms with van der Waals surface area (Å²) in [6, 6.07) is 5.27. The summed E-state index contributed by atoms with van der Waals surface area (Å²) in [6.07, 6.45) is -7.27. The molecular weight excluding hydrogens is 287 g/mol. The number of hydrogen-bond donors (Lipinski definition) is 1. The average Bonchev–Trinajstić information content (AvgIpc) is 2.71. The quantitative estimate of drug-likeness (QED) is 0.639. The maximum atomic E-state index is 12.6. The van der Waals surface area contributed by atoms with Gasteiger partial charge in [-0.2, -0.15) is 13.2 Å². The van der Waals surface area contributed by atoms with Crippen LogP contribution in [-0.2, 0) is 6.18 Å². The highest BCUT2D eigenvalue weighted by atomic mass is 32.1. The predicted molar refractivity (Wildman–Crippen MR) is 60.9 cm³/mol. The zero-order valence-electron chi connectivity index (χ0n) is 9.21. The standard InChI is InChI=1S/C11H7F5N2S/c12-10(13)8-5-9(19)18(17-8)7-3-1-2-6(4-7)11(14,15)16/h1-5,10,17H. The number of nitrogens with one attached hydrogen (secondary N) is 1. The third-order valence-corrected chi connectivity index (χ3v) is 2.71. The highest BCUT2D eigenvalue weighted by Gasteiger charge is 2.30. The van der Waals surface area contributed by atoms with E-state index in [4.69, 9.17) is 12.2 Å². The molecular formula is C11H7F5N2S. The lowest BCUT2D eigenvalue weighted by atomic mass is 10.2. The highest BCUT2D eigenvalue weighted by molar-refractivity contribution is 7.71. The average molecular weight is 294 g/mol. The highest BCUT2D eigenvalue weighted by Crippen LogP contribution is 2.30. The van der Waals surface area contributed by atoms with Crippen LogP contribution in [0.2, 0.25) is 0 Å². The Morgan fingerprint density at radius 1 is 1.16 bits per heavy atom. The molecule has 0 bridgehead atoms. The minimum atomic E-state index is -4.50. The molecule has 1 aromatic heterocycles. The largest absolute Gasteiger partial charge is 0.416 e. The lowest BCUT2D eigenvalue weighted by molar-refractivity contribution is -0.137. The molecule has 0 amide bonds. The molecule has 8 heteroatoms. The number of benzene rings is 1. The number of alkyl halides is 5. The SMILES string of the molecule is FC(F)c1cc(=S)n(-c2cccc(C(F)(F)F)c2)[nH]1. The number of rotatable bonds is 2. The first-order valence-corrected chi connectivity index (χ1v) is 5.47. The summed E-state index contributed by atoms with van der Waals surface area (Å²) in [5, 5.41) is 2.27. The van der Waals surface area contributed by atoms with Crippen molar-refractivity contribution in [1.29, 1.82) is 0 Å². The zero-order chi connectivity index (χ0) is 14.2. The summed E-state index contributed by atoms with van der Waals surface area (Å²) in [7, 11) is 0. The fraction of sp³-hybridized carbons (Fsp3) is 0.182. The molecule has 0 aliphatic carbocycles. The number of nitrogens with zero attached hydrogens (tertiary/aromatic N) is 1. The summed E-state index contributed by atoms with van der Waals surface area (Å²) in [5.74, 6) is 0. The van der Waals surface area contributed by atoms with E-state index in [1.165, 1.54) is 12.1 Å². The lowest BCUT2D eigenvalue weighted by Crippen LogP contribution is -2.06. The van der Waals surface area contributed by atoms with Crippen molar-refractivity contribution in [3.63, 3.8) is 0 Å². The van der Waals surface area contributed by atoms with Crippen molar-refractivity contribution in [2.75, 3.05) is 0 Å². The first-order valence-electron chi connectivity index (χ1n) is 5.07. The number of aromatic amines is 1. The Morgan fingerprint density at radius 2 is 1.84 bits per heavy atom. The van der Waals surface area contributed by atoms with Crippen LogP contribution in [0.3, 0.4) is 0 Å². The van der Waals surface area contributed by atoms with Gasteiger partial charge in [0, 0.05) is 6.07 Å². The maximum absolute atomic E-state index is 12.6. The van der Waals surface area contributed by atoms with Gasteiger partial charge < -0.3 is 0 Å². The van der Waals surface area contributed by atoms with Crippen LogP contribution in [0.4, 0.5) is 22.0 Å². The van der Waals surface area contributed by atoms with Gasteiger partial charge in [-0.25, -0.2) is 13.5 Å². The number of halogens is 5. The van der Waals surface area contributed by atoms with Crippen LogP contribution < -0.4 is 0 Å². The van der Waals surface area contributed by atoms with E-state index in [-0.39, 0.29) is 10.3 Å². The van der Waals surface area contributed by atoms with E-state index in [0.29, 0.717) is 0 Å². The summed E-state index contributed by atoms with van der Waals surface area (Å²) in [5.41, 5.74) is -1.27. The number of H-pyrrole nitrogens is 1. The first kappa shape index (κ1) is 13.7. The summed E-state index contributed by atoms with van der Waals surface area (Å²) >= 11 is 4.83. The Hall–Kier alpha value is -1.70. The fourth-order valence-electron chi connectivity index (χ4n) is 1.54. The van der Waals surface area contributed by atoms with Gasteiger partial charge in [0.05, 0.1) is 11.3 Å². The van der Waals surface area contributed by atoms with E-state index in [0.717, 1.165) is 22.9 Å². The van der Waals surface area contributed by atoms with E-state index >= 15 is 0 Å². The number of hydrogen-bond acceptors (Lipinski definition) is 1. The minimum absolute atomic E-state index is 0.0189. The molecule has 0 fully saturated rings. The fourth-order valence-corrected chi connectivity index (χ4v) is 1.82. The van der Waals surface area contributed by atoms with Gasteiger partial charge in [-0.05, 0) is 18.2 Å². The second-order valence-corrected chi connectivity index (χ2v) is 4.15. The molecule has 0 unspecified atom stereocenters. The van der Waals surface area contributed by atoms with E-state index in [9.17, 15) is 22.0 Å². The van der Waals surface area contributed by atoms with E-state index in [1.54, 1.807) is 0 Å². The molecule has 0 radical (unpaired) electrons. The molecule has 0 saturated heterocycles. The minimum Gasteiger partial charge on any atom is -0.291 e. The van der Waals surface area contributed by atoms with Crippen LogP contribution in [0, 0.1) is 4.64 Å². The predicted octanol–water partition coefficient (Wildman–Crippen LogP) is 4.49. The van der Waals surface area contributed by atoms with Crippen molar-refractivity contribution in [2.45, 2.75) is 12.6 Å². The molecule has 0 saturated carbocycles. The Morgan fingerprint density at radius 3 is 2.37 bits per heavy atom. The van der Waals surface area contributed by atoms with Crippen molar-refractivity contribution in [3.05, 3.63) is 46.2 Å². The third-order valence-electron chi connectivity index (χ3n) is 2.41. The van der Waals surface area contributed by atoms with Gasteiger partial charge in [0.1, 0.15) is 10.3 Å². The zero-order valence-corrected chi connectivity index (χ0v) is 10.0. The number of aromatic nitrogens is 2. The molecule has 0 aliphatic heterocycles. The van der Waals surface area contributed by atoms with E-state index in [1.807, 2.05) is 0 Å². The summed E-state index contributed by atoms with van der Waals surface area (Å²) < 4.78 is 63.6. The van der Waals surface area contributed by atoms with Gasteiger partial charge in [0.15, 0.2) is 0 Å². The van der Waals surface area contributed by atoms with Crippen molar-refractivity contribution >= 4 is 12.2 Å². The van der Waals surface area contributed by atoms with Crippen LogP contribution in [-0.4, -0.2) is 9.78 Å². The normalized spacial score (nSPS) is 12.1. The summed E-state index contributed by atoms with van der Waals surface area (Å²) in [6.45, 7) is 0. The van der Waals surface area contributed by atoms with Crippen molar-refractivity contribution < 1.29 is 22.0 Å². The molecule has 102 valence electrons. The second-order valence-electron chi connectivity index (χ2n) is 3.73. The van der Waals surface area contributed by atoms with E-state index in [2.05, 4.69) is 5.10 Å². The molecule has 1 aromatic carbocycles. The van der Waals surface area contributed by atoms with Gasteiger partial charge in [-0.1, -0.05) is 18.3 Å². The smallest absolute Gasteiger partial charge is 0.291 e. The van der Waals surface area contributed by atoms with Crippen LogP contribution in [0.15, 0.2) is 30.3 Å². The third kappa shape index (κ3) is 2.83. The molecule has 2 nitrogen and oxygen atoms in total. The monoisotopic (exact) mass is 294 g/mol. The topological polar surface area (TPSA) is 20.7 Å². The van der Waals surface area contributed by atoms with Crippen molar-refractivity contribution in [1.82, 2.24) is 9.78 Å². The summed E-state index contributed by atoms with van der Waals surface area (Å²) in [4.78, 5) is 0. The van der Waals surface area contributed by atoms with Crippen LogP contribution >= 0.6 is 12.2 Å². The van der Waals surface area contributed by atoms with Gasteiger partial charge >= 0.3 is 6.18 Å². The molecule has 1 N–H and O–H groups in total. The second kappa shape index (κ2) is 4.76. The molecule has 0 spiro atoms. The molecule has 2 rings (SSSR count). The van der Waals surface area contributed by atoms with Crippen molar-refractivity contribution in [2.24, 2.45) is 0 Å². The molecule has 0 aliphatic rings. The van der Waals surface area contributed by atoms with Crippen LogP contribution in [0.5, 0.6) is 0 Å². The Bertz CT molecular complexity index is 641. The van der Waals surface area contributed by atoms with Gasteiger partial charge in [-0.15, -0.1) is 0 Å². The van der Waals surface area contributed by atoms with E-state index < -0.39 is 23.9 Å². The molecule has 0 atom stereocenters. The van der Waals surface area contributed by atoms with Gasteiger partial charge in [0.25, 0.3) is 6.43 Å².